The Kier molecular flexibility index (Phi) is 5.00. The first-order valence-electron chi connectivity index (χ1n) is 7.77. The van der Waals surface area contributed by atoms with Crippen LogP contribution in [0, 0.1) is 0 Å². The maximum Gasteiger partial charge on any atom is 0.287 e. The van der Waals surface area contributed by atoms with Gasteiger partial charge in [-0.3, -0.25) is 4.79 Å². The van der Waals surface area contributed by atoms with E-state index in [9.17, 15) is 13.2 Å². The number of hydrogen-bond acceptors (Lipinski definition) is 6. The van der Waals surface area contributed by atoms with Gasteiger partial charge in [0, 0.05) is 19.1 Å². The van der Waals surface area contributed by atoms with Crippen molar-refractivity contribution in [1.29, 1.82) is 0 Å². The normalized spacial score (nSPS) is 21.2. The molecule has 8 nitrogen and oxygen atoms in total. The standard InChI is InChI=1S/C14H21N3O5S/c18-14(16-11-3-5-15-6-4-11)12-1-2-13(22-12)23(19,20)17-7-9-21-10-8-17/h1-2,11,15H,3-10H2,(H,16,18). The molecule has 0 aromatic carbocycles. The molecule has 1 aromatic heterocycles. The molecule has 1 amide bonds. The molecule has 0 spiro atoms. The van der Waals surface area contributed by atoms with Gasteiger partial charge in [-0.05, 0) is 38.1 Å². The van der Waals surface area contributed by atoms with Gasteiger partial charge in [-0.1, -0.05) is 0 Å². The molecule has 2 saturated heterocycles. The number of amides is 1. The average Bonchev–Trinajstić information content (AvgIpc) is 3.07. The molecule has 0 unspecified atom stereocenters. The largest absolute Gasteiger partial charge is 0.438 e. The molecule has 3 heterocycles. The number of nitrogens with zero attached hydrogens (tertiary/aromatic N) is 1. The van der Waals surface area contributed by atoms with Crippen LogP contribution in [0.2, 0.25) is 0 Å². The fourth-order valence-corrected chi connectivity index (χ4v) is 4.04. The summed E-state index contributed by atoms with van der Waals surface area (Å²) in [6.07, 6.45) is 1.71. The van der Waals surface area contributed by atoms with Crippen LogP contribution in [0.4, 0.5) is 0 Å². The Bertz CT molecular complexity index is 645. The Morgan fingerprint density at radius 3 is 2.61 bits per heavy atom. The van der Waals surface area contributed by atoms with Crippen LogP contribution in [0.25, 0.3) is 0 Å². The van der Waals surface area contributed by atoms with Gasteiger partial charge in [0.15, 0.2) is 5.76 Å². The van der Waals surface area contributed by atoms with Crippen molar-refractivity contribution in [3.8, 4) is 0 Å². The molecular formula is C14H21N3O5S. The highest BCUT2D eigenvalue weighted by atomic mass is 32.2. The molecule has 0 saturated carbocycles. The van der Waals surface area contributed by atoms with Crippen molar-refractivity contribution < 1.29 is 22.4 Å². The van der Waals surface area contributed by atoms with Crippen molar-refractivity contribution in [3.05, 3.63) is 17.9 Å². The molecule has 23 heavy (non-hydrogen) atoms. The first-order valence-corrected chi connectivity index (χ1v) is 9.21. The Hall–Kier alpha value is -1.42. The van der Waals surface area contributed by atoms with Crippen LogP contribution in [0.15, 0.2) is 21.6 Å². The van der Waals surface area contributed by atoms with Gasteiger partial charge in [0.05, 0.1) is 13.2 Å². The number of carbonyl (C=O) groups excluding carboxylic acids is 1. The number of nitrogens with one attached hydrogen (secondary N) is 2. The topological polar surface area (TPSA) is 101 Å². The number of morpholine rings is 1. The maximum atomic E-state index is 12.4. The molecule has 0 atom stereocenters. The van der Waals surface area contributed by atoms with E-state index < -0.39 is 10.0 Å². The lowest BCUT2D eigenvalue weighted by atomic mass is 10.1. The summed E-state index contributed by atoms with van der Waals surface area (Å²) >= 11 is 0. The lowest BCUT2D eigenvalue weighted by molar-refractivity contribution is 0.0722. The van der Waals surface area contributed by atoms with E-state index in [1.807, 2.05) is 0 Å². The molecule has 0 bridgehead atoms. The third kappa shape index (κ3) is 3.74. The van der Waals surface area contributed by atoms with Crippen molar-refractivity contribution in [2.24, 2.45) is 0 Å². The SMILES string of the molecule is O=C(NC1CCNCC1)c1ccc(S(=O)(=O)N2CCOCC2)o1. The highest BCUT2D eigenvalue weighted by Gasteiger charge is 2.30. The monoisotopic (exact) mass is 343 g/mol. The van der Waals surface area contributed by atoms with Gasteiger partial charge in [-0.25, -0.2) is 8.42 Å². The lowest BCUT2D eigenvalue weighted by Crippen LogP contribution is -2.42. The molecule has 0 aliphatic carbocycles. The first kappa shape index (κ1) is 16.4. The highest BCUT2D eigenvalue weighted by molar-refractivity contribution is 7.89. The average molecular weight is 343 g/mol. The van der Waals surface area contributed by atoms with Crippen molar-refractivity contribution >= 4 is 15.9 Å². The summed E-state index contributed by atoms with van der Waals surface area (Å²) in [5, 5.41) is 5.90. The van der Waals surface area contributed by atoms with E-state index in [1.165, 1.54) is 16.4 Å². The highest BCUT2D eigenvalue weighted by Crippen LogP contribution is 2.20. The quantitative estimate of drug-likeness (QED) is 0.784. The summed E-state index contributed by atoms with van der Waals surface area (Å²) in [6.45, 7) is 3.03. The van der Waals surface area contributed by atoms with Gasteiger partial charge in [-0.2, -0.15) is 4.31 Å². The van der Waals surface area contributed by atoms with Gasteiger partial charge >= 0.3 is 0 Å². The maximum absolute atomic E-state index is 12.4. The third-order valence-corrected chi connectivity index (χ3v) is 5.82. The van der Waals surface area contributed by atoms with Gasteiger partial charge in [0.25, 0.3) is 15.9 Å². The van der Waals surface area contributed by atoms with E-state index in [0.717, 1.165) is 25.9 Å². The number of piperidine rings is 1. The van der Waals surface area contributed by atoms with E-state index in [0.29, 0.717) is 26.3 Å². The minimum atomic E-state index is -3.71. The minimum absolute atomic E-state index is 0.0235. The van der Waals surface area contributed by atoms with E-state index >= 15 is 0 Å². The second-order valence-electron chi connectivity index (χ2n) is 5.63. The number of carbonyl (C=O) groups is 1. The minimum Gasteiger partial charge on any atom is -0.438 e. The number of hydrogen-bond donors (Lipinski definition) is 2. The Labute approximate surface area is 135 Å². The van der Waals surface area contributed by atoms with Crippen molar-refractivity contribution in [2.75, 3.05) is 39.4 Å². The van der Waals surface area contributed by atoms with Crippen molar-refractivity contribution in [1.82, 2.24) is 14.9 Å². The molecule has 2 aliphatic heterocycles. The molecule has 2 fully saturated rings. The number of ether oxygens (including phenoxy) is 1. The third-order valence-electron chi connectivity index (χ3n) is 4.04. The van der Waals surface area contributed by atoms with Crippen LogP contribution in [0.5, 0.6) is 0 Å². The molecular weight excluding hydrogens is 322 g/mol. The van der Waals surface area contributed by atoms with E-state index in [4.69, 9.17) is 9.15 Å². The van der Waals surface area contributed by atoms with Crippen molar-refractivity contribution in [3.63, 3.8) is 0 Å². The Morgan fingerprint density at radius 1 is 1.22 bits per heavy atom. The van der Waals surface area contributed by atoms with Crippen LogP contribution in [0.1, 0.15) is 23.4 Å². The first-order chi connectivity index (χ1) is 11.1. The number of rotatable bonds is 4. The molecule has 0 radical (unpaired) electrons. The molecule has 1 aromatic rings. The molecule has 2 aliphatic rings. The van der Waals surface area contributed by atoms with Gasteiger partial charge in [-0.15, -0.1) is 0 Å². The number of furan rings is 1. The fraction of sp³-hybridized carbons (Fsp3) is 0.643. The summed E-state index contributed by atoms with van der Waals surface area (Å²) in [6, 6.07) is 2.83. The Balaban J connectivity index is 1.68. The zero-order valence-electron chi connectivity index (χ0n) is 12.8. The zero-order valence-corrected chi connectivity index (χ0v) is 13.6. The smallest absolute Gasteiger partial charge is 0.287 e. The van der Waals surface area contributed by atoms with Crippen LogP contribution in [-0.4, -0.2) is 64.1 Å². The van der Waals surface area contributed by atoms with Crippen LogP contribution < -0.4 is 10.6 Å². The zero-order chi connectivity index (χ0) is 16.3. The van der Waals surface area contributed by atoms with E-state index in [2.05, 4.69) is 10.6 Å². The summed E-state index contributed by atoms with van der Waals surface area (Å²) in [4.78, 5) is 12.2. The lowest BCUT2D eigenvalue weighted by Gasteiger charge is -2.24. The van der Waals surface area contributed by atoms with Gasteiger partial charge < -0.3 is 19.8 Å². The second kappa shape index (κ2) is 7.00. The van der Waals surface area contributed by atoms with Crippen molar-refractivity contribution in [2.45, 2.75) is 24.0 Å². The van der Waals surface area contributed by atoms with Crippen LogP contribution >= 0.6 is 0 Å². The summed E-state index contributed by atoms with van der Waals surface area (Å²) in [5.74, 6) is -0.351. The molecule has 3 rings (SSSR count). The predicted octanol–water partition coefficient (Wildman–Crippen LogP) is -0.218. The fourth-order valence-electron chi connectivity index (χ4n) is 2.72. The predicted molar refractivity (Wildman–Crippen MR) is 81.6 cm³/mol. The second-order valence-corrected chi connectivity index (χ2v) is 7.50. The Morgan fingerprint density at radius 2 is 1.91 bits per heavy atom. The molecule has 2 N–H and O–H groups in total. The van der Waals surface area contributed by atoms with Crippen LogP contribution in [-0.2, 0) is 14.8 Å². The van der Waals surface area contributed by atoms with E-state index in [1.54, 1.807) is 0 Å². The van der Waals surface area contributed by atoms with Gasteiger partial charge in [0.2, 0.25) is 5.09 Å². The number of sulfonamides is 1. The van der Waals surface area contributed by atoms with Gasteiger partial charge in [0.1, 0.15) is 0 Å². The summed E-state index contributed by atoms with van der Waals surface area (Å²) in [5.41, 5.74) is 0. The summed E-state index contributed by atoms with van der Waals surface area (Å²) < 4.78 is 36.7. The summed E-state index contributed by atoms with van der Waals surface area (Å²) in [7, 11) is -3.71. The molecule has 128 valence electrons. The molecule has 9 heteroatoms. The van der Waals surface area contributed by atoms with Crippen LogP contribution in [0.3, 0.4) is 0 Å². The van der Waals surface area contributed by atoms with E-state index in [-0.39, 0.29) is 22.8 Å².